The molecule has 112 valence electrons. The van der Waals surface area contributed by atoms with Crippen LogP contribution in [0.2, 0.25) is 0 Å². The van der Waals surface area contributed by atoms with Gasteiger partial charge >= 0.3 is 0 Å². The predicted octanol–water partition coefficient (Wildman–Crippen LogP) is 4.16. The molecule has 2 heteroatoms. The molecule has 0 amide bonds. The number of nitrogens with one attached hydrogen (secondary N) is 1. The Labute approximate surface area is 120 Å². The number of rotatable bonds is 9. The third-order valence-corrected chi connectivity index (χ3v) is 4.89. The summed E-state index contributed by atoms with van der Waals surface area (Å²) in [5.74, 6) is 0.916. The zero-order valence-corrected chi connectivity index (χ0v) is 13.2. The first kappa shape index (κ1) is 16.7. The highest BCUT2D eigenvalue weighted by Crippen LogP contribution is 2.40. The fourth-order valence-corrected chi connectivity index (χ4v) is 2.97. The van der Waals surface area contributed by atoms with E-state index in [9.17, 15) is 0 Å². The van der Waals surface area contributed by atoms with Gasteiger partial charge in [-0.25, -0.2) is 0 Å². The minimum absolute atomic E-state index is 0.527. The molecule has 0 radical (unpaired) electrons. The Hall–Kier alpha value is -0.340. The summed E-state index contributed by atoms with van der Waals surface area (Å²) in [6.45, 7) is 13.5. The fourth-order valence-electron chi connectivity index (χ4n) is 2.97. The molecular weight excluding hydrogens is 234 g/mol. The molecule has 0 heterocycles. The van der Waals surface area contributed by atoms with Gasteiger partial charge in [0.05, 0.1) is 13.2 Å². The highest BCUT2D eigenvalue weighted by molar-refractivity contribution is 4.84. The van der Waals surface area contributed by atoms with Crippen molar-refractivity contribution in [2.45, 2.75) is 65.3 Å². The minimum atomic E-state index is 0.527. The van der Waals surface area contributed by atoms with Crippen molar-refractivity contribution in [3.8, 4) is 0 Å². The summed E-state index contributed by atoms with van der Waals surface area (Å²) < 4.78 is 5.52. The van der Waals surface area contributed by atoms with Crippen LogP contribution in [0.3, 0.4) is 0 Å². The number of hydrogen-bond donors (Lipinski definition) is 1. The molecule has 0 aliphatic heterocycles. The average Bonchev–Trinajstić information content (AvgIpc) is 2.43. The van der Waals surface area contributed by atoms with Crippen LogP contribution >= 0.6 is 0 Å². The normalized spacial score (nSPS) is 24.4. The first-order chi connectivity index (χ1) is 9.10. The summed E-state index contributed by atoms with van der Waals surface area (Å²) in [5, 5.41) is 3.64. The van der Waals surface area contributed by atoms with Crippen LogP contribution in [0.25, 0.3) is 0 Å². The Morgan fingerprint density at radius 3 is 2.47 bits per heavy atom. The largest absolute Gasteiger partial charge is 0.380 e. The van der Waals surface area contributed by atoms with Gasteiger partial charge in [0, 0.05) is 12.6 Å². The maximum Gasteiger partial charge on any atom is 0.0591 e. The van der Waals surface area contributed by atoms with E-state index in [-0.39, 0.29) is 0 Å². The average molecular weight is 267 g/mol. The molecule has 0 bridgehead atoms. The van der Waals surface area contributed by atoms with E-state index in [0.717, 1.165) is 32.1 Å². The van der Waals surface area contributed by atoms with Gasteiger partial charge in [-0.1, -0.05) is 33.3 Å². The van der Waals surface area contributed by atoms with E-state index in [2.05, 4.69) is 32.7 Å². The van der Waals surface area contributed by atoms with Crippen molar-refractivity contribution in [1.82, 2.24) is 5.32 Å². The van der Waals surface area contributed by atoms with Crippen LogP contribution in [0.4, 0.5) is 0 Å². The maximum absolute atomic E-state index is 5.52. The Morgan fingerprint density at radius 1 is 1.21 bits per heavy atom. The molecule has 0 spiro atoms. The molecule has 0 atom stereocenters. The van der Waals surface area contributed by atoms with Crippen LogP contribution in [0.1, 0.15) is 59.3 Å². The molecule has 19 heavy (non-hydrogen) atoms. The zero-order valence-electron chi connectivity index (χ0n) is 13.2. The Balaban J connectivity index is 2.08. The first-order valence-electron chi connectivity index (χ1n) is 8.02. The molecule has 1 aliphatic carbocycles. The SMILES string of the molecule is C=CCCOCCNC1CCC(C(C)(C)CC)CC1. The van der Waals surface area contributed by atoms with E-state index in [1.165, 1.54) is 32.1 Å². The van der Waals surface area contributed by atoms with Gasteiger partial charge in [0.2, 0.25) is 0 Å². The van der Waals surface area contributed by atoms with E-state index < -0.39 is 0 Å². The van der Waals surface area contributed by atoms with E-state index >= 15 is 0 Å². The van der Waals surface area contributed by atoms with Crippen LogP contribution in [0, 0.1) is 11.3 Å². The molecule has 1 rings (SSSR count). The highest BCUT2D eigenvalue weighted by atomic mass is 16.5. The molecule has 0 saturated heterocycles. The van der Waals surface area contributed by atoms with Gasteiger partial charge in [-0.3, -0.25) is 0 Å². The lowest BCUT2D eigenvalue weighted by molar-refractivity contribution is 0.120. The lowest BCUT2D eigenvalue weighted by atomic mass is 9.69. The second kappa shape index (κ2) is 8.76. The van der Waals surface area contributed by atoms with E-state index in [1.54, 1.807) is 0 Å². The second-order valence-electron chi connectivity index (χ2n) is 6.53. The smallest absolute Gasteiger partial charge is 0.0591 e. The van der Waals surface area contributed by atoms with Gasteiger partial charge < -0.3 is 10.1 Å². The topological polar surface area (TPSA) is 21.3 Å². The van der Waals surface area contributed by atoms with Crippen LogP contribution in [-0.4, -0.2) is 25.8 Å². The fraction of sp³-hybridized carbons (Fsp3) is 0.882. The maximum atomic E-state index is 5.52. The molecule has 0 aromatic rings. The van der Waals surface area contributed by atoms with Crippen molar-refractivity contribution in [2.75, 3.05) is 19.8 Å². The molecule has 1 saturated carbocycles. The summed E-state index contributed by atoms with van der Waals surface area (Å²) in [6.07, 6.45) is 9.60. The Kier molecular flexibility index (Phi) is 7.70. The Bertz CT molecular complexity index is 242. The number of hydrogen-bond acceptors (Lipinski definition) is 2. The first-order valence-corrected chi connectivity index (χ1v) is 8.02. The van der Waals surface area contributed by atoms with Crippen LogP contribution in [0.15, 0.2) is 12.7 Å². The van der Waals surface area contributed by atoms with Crippen molar-refractivity contribution in [3.63, 3.8) is 0 Å². The van der Waals surface area contributed by atoms with Crippen molar-refractivity contribution in [2.24, 2.45) is 11.3 Å². The van der Waals surface area contributed by atoms with Gasteiger partial charge in [0.1, 0.15) is 0 Å². The molecule has 0 unspecified atom stereocenters. The summed E-state index contributed by atoms with van der Waals surface area (Å²) >= 11 is 0. The van der Waals surface area contributed by atoms with E-state index in [0.29, 0.717) is 11.5 Å². The summed E-state index contributed by atoms with van der Waals surface area (Å²) in [4.78, 5) is 0. The van der Waals surface area contributed by atoms with Crippen LogP contribution < -0.4 is 5.32 Å². The van der Waals surface area contributed by atoms with Gasteiger partial charge in [-0.2, -0.15) is 0 Å². The molecule has 1 N–H and O–H groups in total. The quantitative estimate of drug-likeness (QED) is 0.500. The number of ether oxygens (including phenoxy) is 1. The van der Waals surface area contributed by atoms with Crippen LogP contribution in [0.5, 0.6) is 0 Å². The van der Waals surface area contributed by atoms with Crippen molar-refractivity contribution >= 4 is 0 Å². The second-order valence-corrected chi connectivity index (χ2v) is 6.53. The Morgan fingerprint density at radius 2 is 1.89 bits per heavy atom. The molecule has 0 aromatic carbocycles. The van der Waals surface area contributed by atoms with E-state index in [4.69, 9.17) is 4.74 Å². The standard InChI is InChI=1S/C17H33NO/c1-5-7-13-19-14-12-18-16-10-8-15(9-11-16)17(3,4)6-2/h5,15-16,18H,1,6-14H2,2-4H3. The van der Waals surface area contributed by atoms with Crippen molar-refractivity contribution in [3.05, 3.63) is 12.7 Å². The molecule has 2 nitrogen and oxygen atoms in total. The summed E-state index contributed by atoms with van der Waals surface area (Å²) in [7, 11) is 0. The van der Waals surface area contributed by atoms with E-state index in [1.807, 2.05) is 6.08 Å². The highest BCUT2D eigenvalue weighted by Gasteiger charge is 2.31. The molecule has 1 fully saturated rings. The van der Waals surface area contributed by atoms with Gasteiger partial charge in [-0.15, -0.1) is 6.58 Å². The summed E-state index contributed by atoms with van der Waals surface area (Å²) in [6, 6.07) is 0.715. The molecule has 1 aliphatic rings. The molecular formula is C17H33NO. The summed E-state index contributed by atoms with van der Waals surface area (Å²) in [5.41, 5.74) is 0.527. The monoisotopic (exact) mass is 267 g/mol. The van der Waals surface area contributed by atoms with Gasteiger partial charge in [0.25, 0.3) is 0 Å². The van der Waals surface area contributed by atoms with Crippen molar-refractivity contribution in [1.29, 1.82) is 0 Å². The van der Waals surface area contributed by atoms with Crippen molar-refractivity contribution < 1.29 is 4.74 Å². The predicted molar refractivity (Wildman–Crippen MR) is 83.5 cm³/mol. The third kappa shape index (κ3) is 6.09. The van der Waals surface area contributed by atoms with Crippen LogP contribution in [-0.2, 0) is 4.74 Å². The van der Waals surface area contributed by atoms with Gasteiger partial charge in [-0.05, 0) is 43.4 Å². The van der Waals surface area contributed by atoms with Gasteiger partial charge in [0.15, 0.2) is 0 Å². The zero-order chi connectivity index (χ0) is 14.1. The minimum Gasteiger partial charge on any atom is -0.380 e. The third-order valence-electron chi connectivity index (χ3n) is 4.89. The lowest BCUT2D eigenvalue weighted by Crippen LogP contribution is -2.38. The lowest BCUT2D eigenvalue weighted by Gasteiger charge is -2.39. The molecule has 0 aromatic heterocycles.